The molecular formula is C18H25N3O2S. The molecule has 0 heterocycles. The van der Waals surface area contributed by atoms with Gasteiger partial charge in [-0.25, -0.2) is 0 Å². The third kappa shape index (κ3) is 5.12. The molecule has 2 aromatic rings. The number of carbonyl (C=O) groups excluding carboxylic acids is 1. The standard InChI is InChI=1S/C18H25N3O2S/c1-12(2)24-11-10-15(19)17(22)18(23)21-20-16-9-5-7-13-6-3-4-8-14(13)16/h3-9,12,15,17,20,22H,10-11,19H2,1-2H3,(H,21,23)/t15-,17?/m1/s1. The van der Waals surface area contributed by atoms with Crippen molar-refractivity contribution in [2.45, 2.75) is 37.7 Å². The Kier molecular flexibility index (Phi) is 6.90. The van der Waals surface area contributed by atoms with Crippen LogP contribution >= 0.6 is 11.8 Å². The van der Waals surface area contributed by atoms with Gasteiger partial charge >= 0.3 is 0 Å². The van der Waals surface area contributed by atoms with Gasteiger partial charge in [0.15, 0.2) is 0 Å². The lowest BCUT2D eigenvalue weighted by atomic mass is 10.1. The van der Waals surface area contributed by atoms with Crippen LogP contribution in [0.15, 0.2) is 42.5 Å². The van der Waals surface area contributed by atoms with Crippen LogP contribution in [0.1, 0.15) is 20.3 Å². The first-order chi connectivity index (χ1) is 11.5. The van der Waals surface area contributed by atoms with Gasteiger partial charge in [-0.15, -0.1) is 0 Å². The van der Waals surface area contributed by atoms with Crippen LogP contribution in [-0.2, 0) is 4.79 Å². The van der Waals surface area contributed by atoms with Gasteiger partial charge in [-0.05, 0) is 28.9 Å². The number of hydrazine groups is 1. The number of aliphatic hydroxyl groups is 1. The maximum atomic E-state index is 12.1. The number of hydrogen-bond acceptors (Lipinski definition) is 5. The van der Waals surface area contributed by atoms with Crippen molar-refractivity contribution in [1.82, 2.24) is 5.43 Å². The molecule has 2 atom stereocenters. The zero-order valence-electron chi connectivity index (χ0n) is 14.0. The second-order valence-corrected chi connectivity index (χ2v) is 7.64. The first kappa shape index (κ1) is 18.6. The fraction of sp³-hybridized carbons (Fsp3) is 0.389. The predicted molar refractivity (Wildman–Crippen MR) is 102 cm³/mol. The number of rotatable bonds is 8. The van der Waals surface area contributed by atoms with Crippen molar-refractivity contribution >= 4 is 34.1 Å². The van der Waals surface area contributed by atoms with Crippen molar-refractivity contribution in [1.29, 1.82) is 0 Å². The molecule has 2 aromatic carbocycles. The molecule has 24 heavy (non-hydrogen) atoms. The molecule has 5 nitrogen and oxygen atoms in total. The van der Waals surface area contributed by atoms with Gasteiger partial charge in [-0.3, -0.25) is 15.6 Å². The van der Waals surface area contributed by atoms with Crippen molar-refractivity contribution in [2.75, 3.05) is 11.2 Å². The van der Waals surface area contributed by atoms with Crippen LogP contribution < -0.4 is 16.6 Å². The molecule has 2 rings (SSSR count). The molecule has 0 aliphatic carbocycles. The molecule has 0 spiro atoms. The average molecular weight is 347 g/mol. The van der Waals surface area contributed by atoms with E-state index in [1.807, 2.05) is 42.5 Å². The largest absolute Gasteiger partial charge is 0.382 e. The Morgan fingerprint density at radius 2 is 1.92 bits per heavy atom. The van der Waals surface area contributed by atoms with E-state index in [9.17, 15) is 9.90 Å². The maximum absolute atomic E-state index is 12.1. The van der Waals surface area contributed by atoms with Crippen LogP contribution in [0.5, 0.6) is 0 Å². The summed E-state index contributed by atoms with van der Waals surface area (Å²) in [5.41, 5.74) is 12.1. The molecular weight excluding hydrogens is 322 g/mol. The minimum Gasteiger partial charge on any atom is -0.382 e. The van der Waals surface area contributed by atoms with Gasteiger partial charge in [-0.1, -0.05) is 50.2 Å². The lowest BCUT2D eigenvalue weighted by molar-refractivity contribution is -0.129. The van der Waals surface area contributed by atoms with Gasteiger partial charge in [0.05, 0.1) is 5.69 Å². The molecule has 0 saturated heterocycles. The summed E-state index contributed by atoms with van der Waals surface area (Å²) in [6, 6.07) is 13.1. The molecule has 0 aliphatic heterocycles. The number of anilines is 1. The monoisotopic (exact) mass is 347 g/mol. The van der Waals surface area contributed by atoms with E-state index in [1.165, 1.54) is 0 Å². The molecule has 1 unspecified atom stereocenters. The molecule has 0 saturated carbocycles. The molecule has 0 aromatic heterocycles. The third-order valence-electron chi connectivity index (χ3n) is 3.69. The van der Waals surface area contributed by atoms with Crippen LogP contribution in [0.3, 0.4) is 0 Å². The van der Waals surface area contributed by atoms with Crippen LogP contribution in [0.4, 0.5) is 5.69 Å². The number of nitrogens with two attached hydrogens (primary N) is 1. The second kappa shape index (κ2) is 8.92. The SMILES string of the molecule is CC(C)SCC[C@@H](N)C(O)C(=O)NNc1cccc2ccccc12. The highest BCUT2D eigenvalue weighted by Crippen LogP contribution is 2.22. The van der Waals surface area contributed by atoms with Gasteiger partial charge in [0.2, 0.25) is 0 Å². The summed E-state index contributed by atoms with van der Waals surface area (Å²) in [4.78, 5) is 12.1. The van der Waals surface area contributed by atoms with Crippen LogP contribution in [0, 0.1) is 0 Å². The first-order valence-corrected chi connectivity index (χ1v) is 9.13. The zero-order chi connectivity index (χ0) is 17.5. The van der Waals surface area contributed by atoms with Gasteiger partial charge in [0, 0.05) is 11.4 Å². The Morgan fingerprint density at radius 3 is 2.67 bits per heavy atom. The maximum Gasteiger partial charge on any atom is 0.268 e. The van der Waals surface area contributed by atoms with Crippen molar-refractivity contribution in [3.8, 4) is 0 Å². The highest BCUT2D eigenvalue weighted by atomic mass is 32.2. The Labute approximate surface area is 147 Å². The summed E-state index contributed by atoms with van der Waals surface area (Å²) in [6.07, 6.45) is -0.647. The number of thioether (sulfide) groups is 1. The number of nitrogens with one attached hydrogen (secondary N) is 2. The summed E-state index contributed by atoms with van der Waals surface area (Å²) in [7, 11) is 0. The highest BCUT2D eigenvalue weighted by Gasteiger charge is 2.22. The van der Waals surface area contributed by atoms with Gasteiger partial charge in [-0.2, -0.15) is 11.8 Å². The lowest BCUT2D eigenvalue weighted by Crippen LogP contribution is -2.48. The van der Waals surface area contributed by atoms with Crippen molar-refractivity contribution in [3.05, 3.63) is 42.5 Å². The number of carbonyl (C=O) groups is 1. The van der Waals surface area contributed by atoms with Gasteiger partial charge in [0.1, 0.15) is 6.10 Å². The fourth-order valence-corrected chi connectivity index (χ4v) is 3.21. The van der Waals surface area contributed by atoms with Crippen molar-refractivity contribution in [3.63, 3.8) is 0 Å². The summed E-state index contributed by atoms with van der Waals surface area (Å²) in [5, 5.41) is 12.6. The van der Waals surface area contributed by atoms with E-state index in [-0.39, 0.29) is 0 Å². The molecule has 130 valence electrons. The third-order valence-corrected chi connectivity index (χ3v) is 4.82. The number of aliphatic hydroxyl groups excluding tert-OH is 1. The normalized spacial score (nSPS) is 13.7. The molecule has 0 fully saturated rings. The van der Waals surface area contributed by atoms with E-state index in [1.54, 1.807) is 11.8 Å². The number of hydrogen-bond donors (Lipinski definition) is 4. The van der Waals surface area contributed by atoms with Crippen LogP contribution in [-0.4, -0.2) is 34.2 Å². The highest BCUT2D eigenvalue weighted by molar-refractivity contribution is 7.99. The Balaban J connectivity index is 1.89. The smallest absolute Gasteiger partial charge is 0.268 e. The topological polar surface area (TPSA) is 87.4 Å². The Bertz CT molecular complexity index is 673. The minimum absolute atomic E-state index is 0.510. The predicted octanol–water partition coefficient (Wildman–Crippen LogP) is 2.50. The summed E-state index contributed by atoms with van der Waals surface area (Å²) < 4.78 is 0. The number of amides is 1. The molecule has 5 N–H and O–H groups in total. The Morgan fingerprint density at radius 1 is 1.21 bits per heavy atom. The Hall–Kier alpha value is -1.76. The molecule has 6 heteroatoms. The molecule has 0 aliphatic rings. The molecule has 0 bridgehead atoms. The van der Waals surface area contributed by atoms with E-state index in [4.69, 9.17) is 5.73 Å². The summed E-state index contributed by atoms with van der Waals surface area (Å²) in [5.74, 6) is 0.296. The van der Waals surface area contributed by atoms with Gasteiger partial charge < -0.3 is 10.8 Å². The number of benzene rings is 2. The van der Waals surface area contributed by atoms with E-state index in [0.29, 0.717) is 11.7 Å². The quantitative estimate of drug-likeness (QED) is 0.551. The molecule has 1 amide bonds. The first-order valence-electron chi connectivity index (χ1n) is 8.08. The minimum atomic E-state index is -1.24. The van der Waals surface area contributed by atoms with Gasteiger partial charge in [0.25, 0.3) is 5.91 Å². The summed E-state index contributed by atoms with van der Waals surface area (Å²) >= 11 is 1.76. The van der Waals surface area contributed by atoms with E-state index in [2.05, 4.69) is 24.7 Å². The number of fused-ring (bicyclic) bond motifs is 1. The van der Waals surface area contributed by atoms with Crippen LogP contribution in [0.2, 0.25) is 0 Å². The lowest BCUT2D eigenvalue weighted by Gasteiger charge is -2.19. The average Bonchev–Trinajstić information content (AvgIpc) is 2.58. The second-order valence-electron chi connectivity index (χ2n) is 5.96. The molecule has 0 radical (unpaired) electrons. The van der Waals surface area contributed by atoms with E-state index in [0.717, 1.165) is 22.2 Å². The van der Waals surface area contributed by atoms with E-state index >= 15 is 0 Å². The van der Waals surface area contributed by atoms with Crippen molar-refractivity contribution in [2.24, 2.45) is 5.73 Å². The summed E-state index contributed by atoms with van der Waals surface area (Å²) in [6.45, 7) is 4.21. The fourth-order valence-electron chi connectivity index (χ4n) is 2.33. The van der Waals surface area contributed by atoms with E-state index < -0.39 is 18.1 Å². The zero-order valence-corrected chi connectivity index (χ0v) is 14.8. The van der Waals surface area contributed by atoms with Crippen molar-refractivity contribution < 1.29 is 9.90 Å². The van der Waals surface area contributed by atoms with Crippen LogP contribution in [0.25, 0.3) is 10.8 Å².